The van der Waals surface area contributed by atoms with Gasteiger partial charge in [-0.05, 0) is 24.5 Å². The van der Waals surface area contributed by atoms with Crippen molar-refractivity contribution in [2.45, 2.75) is 33.7 Å². The fraction of sp³-hybridized carbons (Fsp3) is 0.500. The van der Waals surface area contributed by atoms with E-state index >= 15 is 0 Å². The van der Waals surface area contributed by atoms with E-state index in [2.05, 4.69) is 10.6 Å². The second-order valence-electron chi connectivity index (χ2n) is 5.82. The first-order valence-corrected chi connectivity index (χ1v) is 7.05. The SMILES string of the molecule is CCOC(=O)c1ccccc1NC(C(=O)NC)C(C)(C)C. The Bertz CT molecular complexity index is 506. The van der Waals surface area contributed by atoms with E-state index < -0.39 is 12.0 Å². The maximum atomic E-state index is 12.1. The first-order valence-electron chi connectivity index (χ1n) is 7.05. The van der Waals surface area contributed by atoms with Crippen molar-refractivity contribution in [3.05, 3.63) is 29.8 Å². The minimum atomic E-state index is -0.460. The molecule has 116 valence electrons. The molecule has 1 aromatic rings. The molecule has 1 atom stereocenters. The summed E-state index contributed by atoms with van der Waals surface area (Å²) in [5.41, 5.74) is 0.721. The number of likely N-dealkylation sites (N-methyl/N-ethyl adjacent to an activating group) is 1. The van der Waals surface area contributed by atoms with Gasteiger partial charge in [-0.15, -0.1) is 0 Å². The van der Waals surface area contributed by atoms with E-state index in [1.807, 2.05) is 26.8 Å². The Kier molecular flexibility index (Phi) is 5.76. The van der Waals surface area contributed by atoms with E-state index in [0.29, 0.717) is 17.9 Å². The van der Waals surface area contributed by atoms with Gasteiger partial charge in [0.15, 0.2) is 0 Å². The summed E-state index contributed by atoms with van der Waals surface area (Å²) >= 11 is 0. The number of hydrogen-bond donors (Lipinski definition) is 2. The monoisotopic (exact) mass is 292 g/mol. The number of nitrogens with one attached hydrogen (secondary N) is 2. The van der Waals surface area contributed by atoms with Crippen LogP contribution >= 0.6 is 0 Å². The minimum Gasteiger partial charge on any atom is -0.462 e. The minimum absolute atomic E-state index is 0.124. The van der Waals surface area contributed by atoms with E-state index in [0.717, 1.165) is 0 Å². The molecule has 0 aromatic heterocycles. The Balaban J connectivity index is 3.10. The van der Waals surface area contributed by atoms with Gasteiger partial charge >= 0.3 is 5.97 Å². The Hall–Kier alpha value is -2.04. The number of benzene rings is 1. The van der Waals surface area contributed by atoms with Gasteiger partial charge in [-0.3, -0.25) is 4.79 Å². The third-order valence-electron chi connectivity index (χ3n) is 3.10. The summed E-state index contributed by atoms with van der Waals surface area (Å²) in [6, 6.07) is 6.58. The molecule has 1 rings (SSSR count). The summed E-state index contributed by atoms with van der Waals surface area (Å²) in [5, 5.41) is 5.81. The molecule has 1 aromatic carbocycles. The van der Waals surface area contributed by atoms with Gasteiger partial charge in [0.25, 0.3) is 0 Å². The summed E-state index contributed by atoms with van der Waals surface area (Å²) in [7, 11) is 1.60. The third-order valence-corrected chi connectivity index (χ3v) is 3.10. The van der Waals surface area contributed by atoms with Gasteiger partial charge in [0, 0.05) is 12.7 Å². The lowest BCUT2D eigenvalue weighted by Crippen LogP contribution is -2.46. The van der Waals surface area contributed by atoms with Crippen LogP contribution in [0.5, 0.6) is 0 Å². The Morgan fingerprint density at radius 1 is 1.24 bits per heavy atom. The van der Waals surface area contributed by atoms with Gasteiger partial charge < -0.3 is 15.4 Å². The van der Waals surface area contributed by atoms with E-state index in [1.165, 1.54) is 0 Å². The van der Waals surface area contributed by atoms with Crippen LogP contribution in [0.25, 0.3) is 0 Å². The van der Waals surface area contributed by atoms with Crippen LogP contribution in [0.15, 0.2) is 24.3 Å². The van der Waals surface area contributed by atoms with Crippen molar-refractivity contribution in [2.75, 3.05) is 19.0 Å². The normalized spacial score (nSPS) is 12.4. The van der Waals surface area contributed by atoms with Gasteiger partial charge in [0.2, 0.25) is 5.91 Å². The largest absolute Gasteiger partial charge is 0.462 e. The molecular weight excluding hydrogens is 268 g/mol. The summed E-state index contributed by atoms with van der Waals surface area (Å²) in [6.07, 6.45) is 0. The zero-order chi connectivity index (χ0) is 16.0. The van der Waals surface area contributed by atoms with Crippen molar-refractivity contribution < 1.29 is 14.3 Å². The zero-order valence-electron chi connectivity index (χ0n) is 13.3. The van der Waals surface area contributed by atoms with E-state index in [-0.39, 0.29) is 11.3 Å². The van der Waals surface area contributed by atoms with Crippen LogP contribution in [0.4, 0.5) is 5.69 Å². The Morgan fingerprint density at radius 3 is 2.38 bits per heavy atom. The standard InChI is InChI=1S/C16H24N2O3/c1-6-21-15(20)11-9-7-8-10-12(11)18-13(14(19)17-5)16(2,3)4/h7-10,13,18H,6H2,1-5H3,(H,17,19). The quantitative estimate of drug-likeness (QED) is 0.818. The molecule has 0 saturated carbocycles. The van der Waals surface area contributed by atoms with Crippen molar-refractivity contribution in [2.24, 2.45) is 5.41 Å². The number of hydrogen-bond acceptors (Lipinski definition) is 4. The van der Waals surface area contributed by atoms with Gasteiger partial charge in [-0.1, -0.05) is 32.9 Å². The molecule has 0 aliphatic rings. The third kappa shape index (κ3) is 4.48. The van der Waals surface area contributed by atoms with Crippen molar-refractivity contribution >= 4 is 17.6 Å². The highest BCUT2D eigenvalue weighted by atomic mass is 16.5. The molecule has 5 heteroatoms. The van der Waals surface area contributed by atoms with Gasteiger partial charge in [-0.2, -0.15) is 0 Å². The molecule has 0 bridgehead atoms. The van der Waals surface area contributed by atoms with Crippen LogP contribution in [-0.2, 0) is 9.53 Å². The zero-order valence-corrected chi connectivity index (χ0v) is 13.3. The number of rotatable bonds is 5. The first kappa shape index (κ1) is 17.0. The molecule has 2 N–H and O–H groups in total. The van der Waals surface area contributed by atoms with Crippen molar-refractivity contribution in [3.63, 3.8) is 0 Å². The number of para-hydroxylation sites is 1. The van der Waals surface area contributed by atoms with Crippen LogP contribution < -0.4 is 10.6 Å². The highest BCUT2D eigenvalue weighted by Crippen LogP contribution is 2.25. The smallest absolute Gasteiger partial charge is 0.340 e. The van der Waals surface area contributed by atoms with Crippen LogP contribution in [0.2, 0.25) is 0 Å². The second kappa shape index (κ2) is 7.11. The fourth-order valence-corrected chi connectivity index (χ4v) is 1.97. The summed E-state index contributed by atoms with van der Waals surface area (Å²) in [4.78, 5) is 24.1. The van der Waals surface area contributed by atoms with Crippen molar-refractivity contribution in [3.8, 4) is 0 Å². The number of carbonyl (C=O) groups excluding carboxylic acids is 2. The molecule has 0 aliphatic heterocycles. The predicted octanol–water partition coefficient (Wildman–Crippen LogP) is 2.44. The molecule has 21 heavy (non-hydrogen) atoms. The van der Waals surface area contributed by atoms with Crippen molar-refractivity contribution in [1.82, 2.24) is 5.32 Å². The number of anilines is 1. The highest BCUT2D eigenvalue weighted by molar-refractivity contribution is 5.97. The van der Waals surface area contributed by atoms with E-state index in [4.69, 9.17) is 4.74 Å². The molecule has 1 unspecified atom stereocenters. The van der Waals surface area contributed by atoms with Crippen LogP contribution in [0, 0.1) is 5.41 Å². The summed E-state index contributed by atoms with van der Waals surface area (Å²) < 4.78 is 5.04. The van der Waals surface area contributed by atoms with E-state index in [1.54, 1.807) is 32.2 Å². The van der Waals surface area contributed by atoms with Gasteiger partial charge in [-0.25, -0.2) is 4.79 Å². The number of carbonyl (C=O) groups is 2. The molecule has 0 saturated heterocycles. The first-order chi connectivity index (χ1) is 9.81. The lowest BCUT2D eigenvalue weighted by molar-refractivity contribution is -0.123. The molecule has 0 radical (unpaired) electrons. The van der Waals surface area contributed by atoms with Crippen LogP contribution in [-0.4, -0.2) is 31.6 Å². The molecule has 5 nitrogen and oxygen atoms in total. The van der Waals surface area contributed by atoms with Crippen molar-refractivity contribution in [1.29, 1.82) is 0 Å². The molecule has 1 amide bonds. The second-order valence-corrected chi connectivity index (χ2v) is 5.82. The van der Waals surface area contributed by atoms with Gasteiger partial charge in [0.05, 0.1) is 12.2 Å². The summed E-state index contributed by atoms with van der Waals surface area (Å²) in [6.45, 7) is 7.97. The van der Waals surface area contributed by atoms with E-state index in [9.17, 15) is 9.59 Å². The maximum absolute atomic E-state index is 12.1. The number of esters is 1. The predicted molar refractivity (Wildman–Crippen MR) is 83.3 cm³/mol. The Labute approximate surface area is 126 Å². The lowest BCUT2D eigenvalue weighted by Gasteiger charge is -2.31. The highest BCUT2D eigenvalue weighted by Gasteiger charge is 2.31. The van der Waals surface area contributed by atoms with Crippen LogP contribution in [0.3, 0.4) is 0 Å². The van der Waals surface area contributed by atoms with Crippen LogP contribution in [0.1, 0.15) is 38.1 Å². The lowest BCUT2D eigenvalue weighted by atomic mass is 9.85. The fourth-order valence-electron chi connectivity index (χ4n) is 1.97. The molecule has 0 aliphatic carbocycles. The summed E-state index contributed by atoms with van der Waals surface area (Å²) in [5.74, 6) is -0.522. The topological polar surface area (TPSA) is 67.4 Å². The Morgan fingerprint density at radius 2 is 1.86 bits per heavy atom. The molecule has 0 fully saturated rings. The maximum Gasteiger partial charge on any atom is 0.340 e. The molecular formula is C16H24N2O3. The molecule has 0 heterocycles. The number of amides is 1. The average molecular weight is 292 g/mol. The number of ether oxygens (including phenoxy) is 1. The average Bonchev–Trinajstić information content (AvgIpc) is 2.43. The van der Waals surface area contributed by atoms with Gasteiger partial charge in [0.1, 0.15) is 6.04 Å². The molecule has 0 spiro atoms.